The molecule has 1 fully saturated rings. The van der Waals surface area contributed by atoms with Gasteiger partial charge in [-0.05, 0) is 25.1 Å². The first-order chi connectivity index (χ1) is 8.58. The van der Waals surface area contributed by atoms with Gasteiger partial charge in [0.1, 0.15) is 5.38 Å². The van der Waals surface area contributed by atoms with Crippen LogP contribution in [0.25, 0.3) is 0 Å². The number of carbonyl (C=O) groups is 1. The average molecular weight is 287 g/mol. The van der Waals surface area contributed by atoms with Crippen molar-refractivity contribution in [3.05, 3.63) is 29.3 Å². The number of hydrogen-bond donors (Lipinski definition) is 0. The van der Waals surface area contributed by atoms with Gasteiger partial charge in [-0.25, -0.2) is 0 Å². The predicted molar refractivity (Wildman–Crippen MR) is 75.6 cm³/mol. The van der Waals surface area contributed by atoms with Crippen LogP contribution in [0.4, 0.5) is 5.69 Å². The van der Waals surface area contributed by atoms with E-state index in [0.29, 0.717) is 13.1 Å². The molecule has 0 N–H and O–H groups in total. The van der Waals surface area contributed by atoms with Crippen LogP contribution in [0.2, 0.25) is 5.02 Å². The molecular weight excluding hydrogens is 271 g/mol. The van der Waals surface area contributed by atoms with Gasteiger partial charge in [0.15, 0.2) is 0 Å². The first-order valence-corrected chi connectivity index (χ1v) is 6.83. The standard InChI is InChI=1S/C13H16Cl2N2O/c1-10(14)13(18)17-7-5-16(6-8-17)12-4-2-3-11(15)9-12/h2-4,9-10H,5-8H2,1H3/t10-/m1/s1. The van der Waals surface area contributed by atoms with Crippen molar-refractivity contribution in [3.8, 4) is 0 Å². The van der Waals surface area contributed by atoms with E-state index in [-0.39, 0.29) is 5.91 Å². The Balaban J connectivity index is 1.96. The van der Waals surface area contributed by atoms with E-state index in [9.17, 15) is 4.79 Å². The van der Waals surface area contributed by atoms with Crippen molar-refractivity contribution in [2.24, 2.45) is 0 Å². The highest BCUT2D eigenvalue weighted by Gasteiger charge is 2.23. The number of piperazine rings is 1. The van der Waals surface area contributed by atoms with Gasteiger partial charge in [-0.3, -0.25) is 4.79 Å². The van der Waals surface area contributed by atoms with E-state index in [1.807, 2.05) is 29.2 Å². The SMILES string of the molecule is C[C@@H](Cl)C(=O)N1CCN(c2cccc(Cl)c2)CC1. The molecule has 0 spiro atoms. The molecule has 0 unspecified atom stereocenters. The highest BCUT2D eigenvalue weighted by atomic mass is 35.5. The molecule has 0 aromatic heterocycles. The maximum Gasteiger partial charge on any atom is 0.240 e. The third-order valence-corrected chi connectivity index (χ3v) is 3.53. The Labute approximate surface area is 117 Å². The Kier molecular flexibility index (Phi) is 4.36. The summed E-state index contributed by atoms with van der Waals surface area (Å²) >= 11 is 11.8. The van der Waals surface area contributed by atoms with Crippen LogP contribution < -0.4 is 4.90 Å². The zero-order valence-electron chi connectivity index (χ0n) is 10.3. The van der Waals surface area contributed by atoms with Gasteiger partial charge in [-0.2, -0.15) is 0 Å². The van der Waals surface area contributed by atoms with E-state index in [1.54, 1.807) is 6.92 Å². The van der Waals surface area contributed by atoms with Crippen molar-refractivity contribution in [2.45, 2.75) is 12.3 Å². The lowest BCUT2D eigenvalue weighted by Crippen LogP contribution is -2.50. The Morgan fingerprint density at radius 2 is 1.94 bits per heavy atom. The van der Waals surface area contributed by atoms with Crippen molar-refractivity contribution < 1.29 is 4.79 Å². The van der Waals surface area contributed by atoms with Crippen LogP contribution in [0.1, 0.15) is 6.92 Å². The Morgan fingerprint density at radius 1 is 1.28 bits per heavy atom. The van der Waals surface area contributed by atoms with E-state index in [1.165, 1.54) is 0 Å². The Hall–Kier alpha value is -0.930. The molecule has 1 heterocycles. The minimum atomic E-state index is -0.442. The molecule has 1 aromatic carbocycles. The number of anilines is 1. The van der Waals surface area contributed by atoms with Gasteiger partial charge in [-0.1, -0.05) is 17.7 Å². The lowest BCUT2D eigenvalue weighted by Gasteiger charge is -2.36. The van der Waals surface area contributed by atoms with Gasteiger partial charge < -0.3 is 9.80 Å². The van der Waals surface area contributed by atoms with Gasteiger partial charge in [0, 0.05) is 36.9 Å². The minimum absolute atomic E-state index is 0.0161. The second-order valence-corrected chi connectivity index (χ2v) is 5.50. The van der Waals surface area contributed by atoms with Gasteiger partial charge in [-0.15, -0.1) is 11.6 Å². The molecule has 1 aromatic rings. The molecule has 1 atom stereocenters. The summed E-state index contributed by atoms with van der Waals surface area (Å²) in [7, 11) is 0. The molecule has 1 amide bonds. The number of halogens is 2. The normalized spacial score (nSPS) is 17.7. The third-order valence-electron chi connectivity index (χ3n) is 3.10. The summed E-state index contributed by atoms with van der Waals surface area (Å²) in [5.74, 6) is 0.0161. The average Bonchev–Trinajstić information content (AvgIpc) is 2.38. The van der Waals surface area contributed by atoms with Crippen LogP contribution in [0.5, 0.6) is 0 Å². The van der Waals surface area contributed by atoms with Crippen LogP contribution in [0.3, 0.4) is 0 Å². The summed E-state index contributed by atoms with van der Waals surface area (Å²) < 4.78 is 0. The summed E-state index contributed by atoms with van der Waals surface area (Å²) in [5.41, 5.74) is 1.11. The number of rotatable bonds is 2. The maximum atomic E-state index is 11.7. The van der Waals surface area contributed by atoms with Crippen LogP contribution in [-0.2, 0) is 4.79 Å². The van der Waals surface area contributed by atoms with Crippen molar-refractivity contribution in [3.63, 3.8) is 0 Å². The summed E-state index contributed by atoms with van der Waals surface area (Å²) in [4.78, 5) is 15.8. The lowest BCUT2D eigenvalue weighted by molar-refractivity contribution is -0.130. The molecule has 0 saturated carbocycles. The topological polar surface area (TPSA) is 23.6 Å². The summed E-state index contributed by atoms with van der Waals surface area (Å²) in [6.45, 7) is 4.77. The molecule has 1 aliphatic heterocycles. The quantitative estimate of drug-likeness (QED) is 0.781. The fraction of sp³-hybridized carbons (Fsp3) is 0.462. The Morgan fingerprint density at radius 3 is 2.50 bits per heavy atom. The highest BCUT2D eigenvalue weighted by molar-refractivity contribution is 6.31. The van der Waals surface area contributed by atoms with E-state index >= 15 is 0 Å². The second kappa shape index (κ2) is 5.81. The number of amides is 1. The molecule has 2 rings (SSSR count). The first kappa shape index (κ1) is 13.5. The molecule has 0 bridgehead atoms. The summed E-state index contributed by atoms with van der Waals surface area (Å²) in [5, 5.41) is 0.295. The molecule has 3 nitrogen and oxygen atoms in total. The van der Waals surface area contributed by atoms with Crippen LogP contribution >= 0.6 is 23.2 Å². The predicted octanol–water partition coefficient (Wildman–Crippen LogP) is 2.62. The maximum absolute atomic E-state index is 11.7. The smallest absolute Gasteiger partial charge is 0.240 e. The number of hydrogen-bond acceptors (Lipinski definition) is 2. The van der Waals surface area contributed by atoms with E-state index < -0.39 is 5.38 Å². The first-order valence-electron chi connectivity index (χ1n) is 6.01. The molecule has 1 saturated heterocycles. The Bertz CT molecular complexity index is 429. The molecule has 1 aliphatic rings. The van der Waals surface area contributed by atoms with Crippen LogP contribution in [-0.4, -0.2) is 42.4 Å². The lowest BCUT2D eigenvalue weighted by atomic mass is 10.2. The molecule has 5 heteroatoms. The highest BCUT2D eigenvalue weighted by Crippen LogP contribution is 2.21. The molecular formula is C13H16Cl2N2O. The van der Waals surface area contributed by atoms with Crippen LogP contribution in [0, 0.1) is 0 Å². The fourth-order valence-corrected chi connectivity index (χ4v) is 2.43. The third kappa shape index (κ3) is 3.09. The number of carbonyl (C=O) groups excluding carboxylic acids is 1. The zero-order chi connectivity index (χ0) is 13.1. The minimum Gasteiger partial charge on any atom is -0.368 e. The second-order valence-electron chi connectivity index (χ2n) is 4.41. The van der Waals surface area contributed by atoms with Crippen molar-refractivity contribution >= 4 is 34.8 Å². The number of nitrogens with zero attached hydrogens (tertiary/aromatic N) is 2. The van der Waals surface area contributed by atoms with Crippen LogP contribution in [0.15, 0.2) is 24.3 Å². The van der Waals surface area contributed by atoms with E-state index in [4.69, 9.17) is 23.2 Å². The summed E-state index contributed by atoms with van der Waals surface area (Å²) in [6.07, 6.45) is 0. The van der Waals surface area contributed by atoms with Gasteiger partial charge in [0.2, 0.25) is 5.91 Å². The monoisotopic (exact) mass is 286 g/mol. The molecule has 0 radical (unpaired) electrons. The molecule has 0 aliphatic carbocycles. The van der Waals surface area contributed by atoms with E-state index in [2.05, 4.69) is 4.90 Å². The van der Waals surface area contributed by atoms with Crippen molar-refractivity contribution in [2.75, 3.05) is 31.1 Å². The fourth-order valence-electron chi connectivity index (χ4n) is 2.11. The number of alkyl halides is 1. The molecule has 98 valence electrons. The van der Waals surface area contributed by atoms with Gasteiger partial charge in [0.05, 0.1) is 0 Å². The van der Waals surface area contributed by atoms with Crippen molar-refractivity contribution in [1.29, 1.82) is 0 Å². The van der Waals surface area contributed by atoms with E-state index in [0.717, 1.165) is 23.8 Å². The number of benzene rings is 1. The van der Waals surface area contributed by atoms with Crippen molar-refractivity contribution in [1.82, 2.24) is 4.90 Å². The largest absolute Gasteiger partial charge is 0.368 e. The van der Waals surface area contributed by atoms with Gasteiger partial charge >= 0.3 is 0 Å². The van der Waals surface area contributed by atoms with Gasteiger partial charge in [0.25, 0.3) is 0 Å². The summed E-state index contributed by atoms with van der Waals surface area (Å²) in [6, 6.07) is 7.78. The molecule has 18 heavy (non-hydrogen) atoms. The zero-order valence-corrected chi connectivity index (χ0v) is 11.8.